The van der Waals surface area contributed by atoms with Gasteiger partial charge in [0.15, 0.2) is 0 Å². The van der Waals surface area contributed by atoms with Crippen molar-refractivity contribution in [3.63, 3.8) is 0 Å². The van der Waals surface area contributed by atoms with E-state index in [4.69, 9.17) is 4.74 Å². The topological polar surface area (TPSA) is 29.5 Å². The third kappa shape index (κ3) is 2.52. The lowest BCUT2D eigenvalue weighted by Gasteiger charge is -2.15. The fourth-order valence-electron chi connectivity index (χ4n) is 3.27. The van der Waals surface area contributed by atoms with Crippen LogP contribution in [0, 0.1) is 11.3 Å². The molecule has 0 amide bonds. The van der Waals surface area contributed by atoms with E-state index in [2.05, 4.69) is 29.2 Å². The third-order valence-corrected chi connectivity index (χ3v) is 4.43. The van der Waals surface area contributed by atoms with E-state index in [0.717, 1.165) is 19.6 Å². The zero-order valence-corrected chi connectivity index (χ0v) is 11.5. The Balaban J connectivity index is 1.66. The van der Waals surface area contributed by atoms with Crippen molar-refractivity contribution in [1.29, 1.82) is 0 Å². The van der Waals surface area contributed by atoms with Crippen LogP contribution in [0.4, 0.5) is 0 Å². The van der Waals surface area contributed by atoms with E-state index in [1.807, 2.05) is 13.0 Å². The smallest absolute Gasteiger partial charge is 0.310 e. The molecule has 1 aliphatic carbocycles. The lowest BCUT2D eigenvalue weighted by atomic mass is 9.93. The van der Waals surface area contributed by atoms with E-state index in [0.29, 0.717) is 6.61 Å². The van der Waals surface area contributed by atoms with Gasteiger partial charge in [-0.05, 0) is 30.7 Å². The van der Waals surface area contributed by atoms with Crippen LogP contribution in [0.1, 0.15) is 25.3 Å². The highest BCUT2D eigenvalue weighted by atomic mass is 16.5. The Morgan fingerprint density at radius 2 is 2.11 bits per heavy atom. The van der Waals surface area contributed by atoms with Crippen LogP contribution in [0.5, 0.6) is 0 Å². The second-order valence-corrected chi connectivity index (χ2v) is 5.82. The number of rotatable bonds is 4. The van der Waals surface area contributed by atoms with Crippen molar-refractivity contribution in [2.24, 2.45) is 11.3 Å². The van der Waals surface area contributed by atoms with Crippen molar-refractivity contribution < 1.29 is 9.53 Å². The molecule has 102 valence electrons. The van der Waals surface area contributed by atoms with Gasteiger partial charge in [-0.3, -0.25) is 9.69 Å². The summed E-state index contributed by atoms with van der Waals surface area (Å²) in [6.45, 7) is 5.22. The molecule has 0 bridgehead atoms. The Labute approximate surface area is 114 Å². The van der Waals surface area contributed by atoms with Crippen LogP contribution in [0.25, 0.3) is 0 Å². The van der Waals surface area contributed by atoms with Gasteiger partial charge in [0.2, 0.25) is 0 Å². The molecule has 0 unspecified atom stereocenters. The van der Waals surface area contributed by atoms with Crippen LogP contribution >= 0.6 is 0 Å². The van der Waals surface area contributed by atoms with Crippen LogP contribution < -0.4 is 0 Å². The summed E-state index contributed by atoms with van der Waals surface area (Å²) < 4.78 is 5.23. The molecular weight excluding hydrogens is 238 g/mol. The SMILES string of the molecule is CCOC(=O)[C@@H]1CN(Cc2ccccc2)CC12CC2. The fourth-order valence-corrected chi connectivity index (χ4v) is 3.27. The highest BCUT2D eigenvalue weighted by Gasteiger charge is 2.58. The van der Waals surface area contributed by atoms with Crippen molar-refractivity contribution in [2.45, 2.75) is 26.3 Å². The van der Waals surface area contributed by atoms with Gasteiger partial charge in [0, 0.05) is 19.6 Å². The summed E-state index contributed by atoms with van der Waals surface area (Å²) in [5.41, 5.74) is 1.56. The van der Waals surface area contributed by atoms with Crippen LogP contribution in [-0.2, 0) is 16.1 Å². The first-order valence-corrected chi connectivity index (χ1v) is 7.16. The molecule has 1 saturated carbocycles. The quantitative estimate of drug-likeness (QED) is 0.778. The van der Waals surface area contributed by atoms with Crippen LogP contribution in [0.15, 0.2) is 30.3 Å². The monoisotopic (exact) mass is 259 g/mol. The van der Waals surface area contributed by atoms with Gasteiger partial charge in [0.05, 0.1) is 12.5 Å². The summed E-state index contributed by atoms with van der Waals surface area (Å²) in [7, 11) is 0. The lowest BCUT2D eigenvalue weighted by molar-refractivity contribution is -0.149. The molecule has 0 aromatic heterocycles. The average molecular weight is 259 g/mol. The molecule has 1 aromatic rings. The van der Waals surface area contributed by atoms with Crippen LogP contribution in [0.2, 0.25) is 0 Å². The Hall–Kier alpha value is -1.35. The van der Waals surface area contributed by atoms with E-state index < -0.39 is 0 Å². The largest absolute Gasteiger partial charge is 0.466 e. The molecule has 2 aliphatic rings. The molecule has 3 nitrogen and oxygen atoms in total. The summed E-state index contributed by atoms with van der Waals surface area (Å²) in [6, 6.07) is 10.5. The Morgan fingerprint density at radius 1 is 1.37 bits per heavy atom. The van der Waals surface area contributed by atoms with E-state index in [1.165, 1.54) is 18.4 Å². The van der Waals surface area contributed by atoms with E-state index in [9.17, 15) is 4.79 Å². The molecule has 2 fully saturated rings. The highest BCUT2D eigenvalue weighted by molar-refractivity contribution is 5.75. The van der Waals surface area contributed by atoms with Crippen molar-refractivity contribution in [3.8, 4) is 0 Å². The van der Waals surface area contributed by atoms with Crippen LogP contribution in [0.3, 0.4) is 0 Å². The molecule has 1 aromatic carbocycles. The Bertz CT molecular complexity index is 453. The zero-order valence-electron chi connectivity index (χ0n) is 11.5. The number of benzene rings is 1. The minimum Gasteiger partial charge on any atom is -0.466 e. The summed E-state index contributed by atoms with van der Waals surface area (Å²) in [5, 5.41) is 0. The summed E-state index contributed by atoms with van der Waals surface area (Å²) in [6.07, 6.45) is 2.36. The molecule has 1 spiro atoms. The molecule has 0 radical (unpaired) electrons. The second-order valence-electron chi connectivity index (χ2n) is 5.82. The Kier molecular flexibility index (Phi) is 3.31. The number of likely N-dealkylation sites (tertiary alicyclic amines) is 1. The molecule has 19 heavy (non-hydrogen) atoms. The predicted octanol–water partition coefficient (Wildman–Crippen LogP) is 2.46. The fraction of sp³-hybridized carbons (Fsp3) is 0.562. The van der Waals surface area contributed by atoms with Gasteiger partial charge < -0.3 is 4.74 Å². The second kappa shape index (κ2) is 4.97. The van der Waals surface area contributed by atoms with E-state index in [1.54, 1.807) is 0 Å². The first-order chi connectivity index (χ1) is 9.23. The van der Waals surface area contributed by atoms with Crippen molar-refractivity contribution >= 4 is 5.97 Å². The summed E-state index contributed by atoms with van der Waals surface area (Å²) in [4.78, 5) is 14.5. The zero-order chi connectivity index (χ0) is 13.3. The standard InChI is InChI=1S/C16H21NO2/c1-2-19-15(18)14-11-17(12-16(14)8-9-16)10-13-6-4-3-5-7-13/h3-7,14H,2,8-12H2,1H3/t14-/m0/s1. The van der Waals surface area contributed by atoms with Gasteiger partial charge in [-0.25, -0.2) is 0 Å². The van der Waals surface area contributed by atoms with Gasteiger partial charge in [-0.1, -0.05) is 30.3 Å². The van der Waals surface area contributed by atoms with E-state index in [-0.39, 0.29) is 17.3 Å². The maximum atomic E-state index is 12.1. The van der Waals surface area contributed by atoms with Gasteiger partial charge >= 0.3 is 5.97 Å². The maximum absolute atomic E-state index is 12.1. The van der Waals surface area contributed by atoms with E-state index >= 15 is 0 Å². The number of esters is 1. The van der Waals surface area contributed by atoms with Crippen molar-refractivity contribution in [3.05, 3.63) is 35.9 Å². The minimum absolute atomic E-state index is 0.00978. The van der Waals surface area contributed by atoms with Gasteiger partial charge in [-0.2, -0.15) is 0 Å². The van der Waals surface area contributed by atoms with Gasteiger partial charge in [0.25, 0.3) is 0 Å². The molecule has 0 N–H and O–H groups in total. The third-order valence-electron chi connectivity index (χ3n) is 4.43. The number of ether oxygens (including phenoxy) is 1. The van der Waals surface area contributed by atoms with Crippen molar-refractivity contribution in [1.82, 2.24) is 4.90 Å². The average Bonchev–Trinajstić information content (AvgIpc) is 3.07. The summed E-state index contributed by atoms with van der Waals surface area (Å²) >= 11 is 0. The number of nitrogens with zero attached hydrogens (tertiary/aromatic N) is 1. The van der Waals surface area contributed by atoms with Crippen molar-refractivity contribution in [2.75, 3.05) is 19.7 Å². The number of carbonyl (C=O) groups is 1. The molecule has 3 heteroatoms. The lowest BCUT2D eigenvalue weighted by Crippen LogP contribution is -2.26. The molecule has 1 heterocycles. The number of carbonyl (C=O) groups excluding carboxylic acids is 1. The normalized spacial score (nSPS) is 24.6. The molecule has 1 saturated heterocycles. The van der Waals surface area contributed by atoms with Gasteiger partial charge in [0.1, 0.15) is 0 Å². The molecule has 1 atom stereocenters. The molecule has 1 aliphatic heterocycles. The van der Waals surface area contributed by atoms with Crippen LogP contribution in [-0.4, -0.2) is 30.6 Å². The summed E-state index contributed by atoms with van der Waals surface area (Å²) in [5.74, 6) is 0.103. The minimum atomic E-state index is 0.00978. The Morgan fingerprint density at radius 3 is 2.74 bits per heavy atom. The highest BCUT2D eigenvalue weighted by Crippen LogP contribution is 2.56. The predicted molar refractivity (Wildman–Crippen MR) is 73.5 cm³/mol. The first-order valence-electron chi connectivity index (χ1n) is 7.16. The maximum Gasteiger partial charge on any atom is 0.310 e. The number of hydrogen-bond donors (Lipinski definition) is 0. The first kappa shape index (κ1) is 12.7. The molecule has 3 rings (SSSR count). The molecular formula is C16H21NO2. The number of hydrogen-bond acceptors (Lipinski definition) is 3. The van der Waals surface area contributed by atoms with Gasteiger partial charge in [-0.15, -0.1) is 0 Å².